The molecule has 2 aromatic carbocycles. The van der Waals surface area contributed by atoms with Crippen LogP contribution in [0.5, 0.6) is 11.5 Å². The van der Waals surface area contributed by atoms with Crippen LogP contribution in [0.4, 0.5) is 0 Å². The lowest BCUT2D eigenvalue weighted by atomic mass is 10.0. The zero-order chi connectivity index (χ0) is 17.2. The van der Waals surface area contributed by atoms with Gasteiger partial charge in [-0.25, -0.2) is 0 Å². The lowest BCUT2D eigenvalue weighted by Crippen LogP contribution is -2.03. The molecule has 0 fully saturated rings. The number of fused-ring (bicyclic) bond motifs is 1. The van der Waals surface area contributed by atoms with Gasteiger partial charge in [-0.15, -0.1) is 10.2 Å². The predicted molar refractivity (Wildman–Crippen MR) is 89.7 cm³/mol. The second-order valence-electron chi connectivity index (χ2n) is 5.72. The molecule has 1 aromatic heterocycles. The molecule has 0 aliphatic carbocycles. The van der Waals surface area contributed by atoms with Crippen LogP contribution >= 0.6 is 0 Å². The van der Waals surface area contributed by atoms with E-state index in [0.29, 0.717) is 41.7 Å². The Labute approximate surface area is 144 Å². The Morgan fingerprint density at radius 1 is 1.04 bits per heavy atom. The summed E-state index contributed by atoms with van der Waals surface area (Å²) in [4.78, 5) is 12.5. The summed E-state index contributed by atoms with van der Waals surface area (Å²) in [5.74, 6) is 2.41. The number of ether oxygens (including phenoxy) is 2. The third-order valence-electron chi connectivity index (χ3n) is 4.03. The van der Waals surface area contributed by atoms with Crippen LogP contribution in [0.1, 0.15) is 28.7 Å². The molecular formula is C19H16N2O4. The van der Waals surface area contributed by atoms with Crippen LogP contribution in [-0.2, 0) is 12.8 Å². The molecule has 0 radical (unpaired) electrons. The number of benzene rings is 2. The van der Waals surface area contributed by atoms with E-state index < -0.39 is 0 Å². The van der Waals surface area contributed by atoms with Crippen LogP contribution in [0.3, 0.4) is 0 Å². The maximum Gasteiger partial charge on any atom is 0.247 e. The minimum Gasteiger partial charge on any atom is -0.454 e. The van der Waals surface area contributed by atoms with Gasteiger partial charge < -0.3 is 13.9 Å². The largest absolute Gasteiger partial charge is 0.454 e. The van der Waals surface area contributed by atoms with Gasteiger partial charge in [0.1, 0.15) is 0 Å². The van der Waals surface area contributed by atoms with Crippen LogP contribution in [0.2, 0.25) is 0 Å². The topological polar surface area (TPSA) is 74.5 Å². The van der Waals surface area contributed by atoms with Crippen molar-refractivity contribution in [1.29, 1.82) is 0 Å². The molecule has 126 valence electrons. The molecule has 0 atom stereocenters. The molecule has 25 heavy (non-hydrogen) atoms. The number of carbonyl (C=O) groups is 1. The minimum atomic E-state index is 0.0251. The maximum atomic E-state index is 12.5. The van der Waals surface area contributed by atoms with E-state index in [9.17, 15) is 4.79 Å². The van der Waals surface area contributed by atoms with Gasteiger partial charge in [-0.1, -0.05) is 19.1 Å². The molecule has 2 heterocycles. The number of carbonyl (C=O) groups excluding carboxylic acids is 1. The van der Waals surface area contributed by atoms with Crippen LogP contribution in [0, 0.1) is 0 Å². The van der Waals surface area contributed by atoms with Gasteiger partial charge in [0, 0.05) is 24.0 Å². The van der Waals surface area contributed by atoms with Crippen molar-refractivity contribution in [3.63, 3.8) is 0 Å². The number of aromatic nitrogens is 2. The Morgan fingerprint density at radius 3 is 2.60 bits per heavy atom. The molecule has 0 saturated heterocycles. The number of hydrogen-bond donors (Lipinski definition) is 0. The van der Waals surface area contributed by atoms with Crippen molar-refractivity contribution in [3.8, 4) is 23.0 Å². The van der Waals surface area contributed by atoms with E-state index in [0.717, 1.165) is 11.1 Å². The van der Waals surface area contributed by atoms with Crippen molar-refractivity contribution in [2.45, 2.75) is 19.8 Å². The molecule has 0 saturated carbocycles. The number of hydrogen-bond acceptors (Lipinski definition) is 6. The van der Waals surface area contributed by atoms with Crippen molar-refractivity contribution in [3.05, 3.63) is 59.5 Å². The first kappa shape index (κ1) is 15.4. The monoisotopic (exact) mass is 336 g/mol. The highest BCUT2D eigenvalue weighted by molar-refractivity contribution is 5.98. The van der Waals surface area contributed by atoms with E-state index in [1.165, 1.54) is 0 Å². The fraction of sp³-hybridized carbons (Fsp3) is 0.211. The molecule has 6 nitrogen and oxygen atoms in total. The summed E-state index contributed by atoms with van der Waals surface area (Å²) in [5.41, 5.74) is 2.37. The Hall–Kier alpha value is -3.15. The average molecular weight is 336 g/mol. The van der Waals surface area contributed by atoms with Gasteiger partial charge in [-0.3, -0.25) is 4.79 Å². The van der Waals surface area contributed by atoms with Crippen LogP contribution in [0.25, 0.3) is 11.5 Å². The van der Waals surface area contributed by atoms with Crippen LogP contribution in [0.15, 0.2) is 46.9 Å². The van der Waals surface area contributed by atoms with E-state index in [2.05, 4.69) is 10.2 Å². The number of aryl methyl sites for hydroxylation is 1. The van der Waals surface area contributed by atoms with Crippen LogP contribution in [-0.4, -0.2) is 22.8 Å². The number of Topliss-reactive ketones (excluding diaryl/α,β-unsaturated/α-hetero) is 1. The first-order chi connectivity index (χ1) is 12.2. The van der Waals surface area contributed by atoms with Crippen LogP contribution < -0.4 is 9.47 Å². The van der Waals surface area contributed by atoms with Crippen molar-refractivity contribution in [2.24, 2.45) is 0 Å². The maximum absolute atomic E-state index is 12.5. The number of rotatable bonds is 5. The number of nitrogens with zero attached hydrogens (tertiary/aromatic N) is 2. The fourth-order valence-electron chi connectivity index (χ4n) is 2.64. The molecule has 1 aliphatic rings. The zero-order valence-corrected chi connectivity index (χ0v) is 13.7. The molecule has 6 heteroatoms. The summed E-state index contributed by atoms with van der Waals surface area (Å²) in [6, 6.07) is 12.8. The van der Waals surface area contributed by atoms with Crippen molar-refractivity contribution in [2.75, 3.05) is 6.79 Å². The third kappa shape index (κ3) is 3.10. The summed E-state index contributed by atoms with van der Waals surface area (Å²) in [7, 11) is 0. The highest BCUT2D eigenvalue weighted by Gasteiger charge is 2.16. The highest BCUT2D eigenvalue weighted by Crippen LogP contribution is 2.32. The van der Waals surface area contributed by atoms with E-state index in [1.807, 2.05) is 31.2 Å². The standard InChI is InChI=1S/C19H16N2O4/c1-2-18-20-21-19(25-18)13-5-3-12(4-6-13)9-15(22)14-7-8-16-17(10-14)24-11-23-16/h3-8,10H,2,9,11H2,1H3. The van der Waals surface area contributed by atoms with Gasteiger partial charge in [0.15, 0.2) is 17.3 Å². The highest BCUT2D eigenvalue weighted by atomic mass is 16.7. The van der Waals surface area contributed by atoms with E-state index in [4.69, 9.17) is 13.9 Å². The van der Waals surface area contributed by atoms with E-state index in [1.54, 1.807) is 18.2 Å². The molecule has 0 spiro atoms. The van der Waals surface area contributed by atoms with Crippen molar-refractivity contribution >= 4 is 5.78 Å². The Balaban J connectivity index is 1.48. The molecular weight excluding hydrogens is 320 g/mol. The minimum absolute atomic E-state index is 0.0251. The normalized spacial score (nSPS) is 12.4. The smallest absolute Gasteiger partial charge is 0.247 e. The Kier molecular flexibility index (Phi) is 3.93. The Morgan fingerprint density at radius 2 is 1.84 bits per heavy atom. The van der Waals surface area contributed by atoms with Crippen molar-refractivity contribution < 1.29 is 18.7 Å². The SMILES string of the molecule is CCc1nnc(-c2ccc(CC(=O)c3ccc4c(c3)OCO4)cc2)o1. The Bertz CT molecular complexity index is 915. The predicted octanol–water partition coefficient (Wildman–Crippen LogP) is 3.45. The van der Waals surface area contributed by atoms with Gasteiger partial charge in [0.2, 0.25) is 18.6 Å². The lowest BCUT2D eigenvalue weighted by molar-refractivity contribution is 0.0992. The van der Waals surface area contributed by atoms with Gasteiger partial charge in [0.05, 0.1) is 0 Å². The number of ketones is 1. The summed E-state index contributed by atoms with van der Waals surface area (Å²) >= 11 is 0. The quantitative estimate of drug-likeness (QED) is 0.664. The summed E-state index contributed by atoms with van der Waals surface area (Å²) < 4.78 is 16.1. The molecule has 4 rings (SSSR count). The van der Waals surface area contributed by atoms with Gasteiger partial charge in [0.25, 0.3) is 0 Å². The molecule has 0 N–H and O–H groups in total. The third-order valence-corrected chi connectivity index (χ3v) is 4.03. The average Bonchev–Trinajstić information content (AvgIpc) is 3.30. The second kappa shape index (κ2) is 6.39. The molecule has 1 aliphatic heterocycles. The summed E-state index contributed by atoms with van der Waals surface area (Å²) in [6.45, 7) is 2.16. The van der Waals surface area contributed by atoms with E-state index >= 15 is 0 Å². The lowest BCUT2D eigenvalue weighted by Gasteiger charge is -2.04. The first-order valence-electron chi connectivity index (χ1n) is 8.07. The fourth-order valence-corrected chi connectivity index (χ4v) is 2.64. The molecule has 3 aromatic rings. The van der Waals surface area contributed by atoms with Gasteiger partial charge in [-0.05, 0) is 35.9 Å². The second-order valence-corrected chi connectivity index (χ2v) is 5.72. The molecule has 0 bridgehead atoms. The van der Waals surface area contributed by atoms with Crippen molar-refractivity contribution in [1.82, 2.24) is 10.2 Å². The summed E-state index contributed by atoms with van der Waals surface area (Å²) in [5, 5.41) is 7.98. The summed E-state index contributed by atoms with van der Waals surface area (Å²) in [6.07, 6.45) is 1.01. The zero-order valence-electron chi connectivity index (χ0n) is 13.7. The van der Waals surface area contributed by atoms with Gasteiger partial charge in [-0.2, -0.15) is 0 Å². The molecule has 0 unspecified atom stereocenters. The van der Waals surface area contributed by atoms with E-state index in [-0.39, 0.29) is 12.6 Å². The van der Waals surface area contributed by atoms with Gasteiger partial charge >= 0.3 is 0 Å². The first-order valence-corrected chi connectivity index (χ1v) is 8.07. The molecule has 0 amide bonds.